The van der Waals surface area contributed by atoms with Gasteiger partial charge in [0.05, 0.1) is 11.2 Å². The van der Waals surface area contributed by atoms with Gasteiger partial charge >= 0.3 is 0 Å². The lowest BCUT2D eigenvalue weighted by Crippen LogP contribution is -2.28. The Balaban J connectivity index is 2.08. The maximum absolute atomic E-state index is 4.27. The number of hydrogen-bond donors (Lipinski definition) is 1. The van der Waals surface area contributed by atoms with Crippen molar-refractivity contribution in [3.63, 3.8) is 0 Å². The predicted molar refractivity (Wildman–Crippen MR) is 76.7 cm³/mol. The molecule has 0 aliphatic heterocycles. The van der Waals surface area contributed by atoms with Gasteiger partial charge in [-0.2, -0.15) is 0 Å². The van der Waals surface area contributed by atoms with E-state index in [1.165, 1.54) is 29.8 Å². The first kappa shape index (κ1) is 14.7. The first-order valence-corrected chi connectivity index (χ1v) is 7.60. The molecule has 1 aromatic heterocycles. The van der Waals surface area contributed by atoms with E-state index in [4.69, 9.17) is 0 Å². The molecular weight excluding hydrogens is 228 g/mol. The molecule has 0 aliphatic carbocycles. The van der Waals surface area contributed by atoms with Gasteiger partial charge in [-0.05, 0) is 32.6 Å². The van der Waals surface area contributed by atoms with Gasteiger partial charge in [0.1, 0.15) is 0 Å². The second kappa shape index (κ2) is 7.83. The largest absolute Gasteiger partial charge is 0.314 e. The first-order valence-electron chi connectivity index (χ1n) is 6.72. The molecule has 0 amide bonds. The van der Waals surface area contributed by atoms with Crippen LogP contribution in [0, 0.1) is 12.8 Å². The van der Waals surface area contributed by atoms with E-state index in [0.29, 0.717) is 6.04 Å². The molecule has 17 heavy (non-hydrogen) atoms. The highest BCUT2D eigenvalue weighted by Crippen LogP contribution is 2.12. The number of aryl methyl sites for hydroxylation is 1. The smallest absolute Gasteiger partial charge is 0.0797 e. The molecule has 0 aromatic carbocycles. The average Bonchev–Trinajstić information content (AvgIpc) is 2.64. The summed E-state index contributed by atoms with van der Waals surface area (Å²) in [4.78, 5) is 5.70. The molecule has 0 fully saturated rings. The molecule has 2 nitrogen and oxygen atoms in total. The van der Waals surface area contributed by atoms with Gasteiger partial charge in [0.25, 0.3) is 0 Å². The Hall–Kier alpha value is -0.410. The highest BCUT2D eigenvalue weighted by atomic mass is 32.1. The molecule has 0 aliphatic rings. The highest BCUT2D eigenvalue weighted by molar-refractivity contribution is 7.09. The molecule has 1 atom stereocenters. The zero-order valence-electron chi connectivity index (χ0n) is 11.6. The van der Waals surface area contributed by atoms with Crippen LogP contribution in [0.4, 0.5) is 0 Å². The quantitative estimate of drug-likeness (QED) is 0.763. The van der Waals surface area contributed by atoms with Crippen LogP contribution in [0.3, 0.4) is 0 Å². The minimum Gasteiger partial charge on any atom is -0.314 e. The number of thiazole rings is 1. The lowest BCUT2D eigenvalue weighted by molar-refractivity contribution is 0.460. The van der Waals surface area contributed by atoms with Crippen molar-refractivity contribution in [1.29, 1.82) is 0 Å². The molecule has 1 unspecified atom stereocenters. The van der Waals surface area contributed by atoms with Crippen LogP contribution in [0.1, 0.15) is 50.6 Å². The topological polar surface area (TPSA) is 24.9 Å². The van der Waals surface area contributed by atoms with Gasteiger partial charge in [0.2, 0.25) is 0 Å². The van der Waals surface area contributed by atoms with E-state index in [1.54, 1.807) is 11.3 Å². The van der Waals surface area contributed by atoms with Gasteiger partial charge in [0.15, 0.2) is 0 Å². The molecule has 3 heteroatoms. The van der Waals surface area contributed by atoms with Gasteiger partial charge in [-0.25, -0.2) is 4.98 Å². The summed E-state index contributed by atoms with van der Waals surface area (Å²) < 4.78 is 0. The molecule has 98 valence electrons. The first-order chi connectivity index (χ1) is 8.09. The molecule has 0 radical (unpaired) electrons. The van der Waals surface area contributed by atoms with Crippen molar-refractivity contribution in [1.82, 2.24) is 10.3 Å². The summed E-state index contributed by atoms with van der Waals surface area (Å²) in [5.74, 6) is 0.835. The maximum atomic E-state index is 4.27. The highest BCUT2D eigenvalue weighted by Gasteiger charge is 2.04. The minimum atomic E-state index is 0.641. The third-order valence-corrected chi connectivity index (χ3v) is 4.10. The molecule has 0 bridgehead atoms. The fraction of sp³-hybridized carbons (Fsp3) is 0.786. The molecule has 1 rings (SSSR count). The fourth-order valence-corrected chi connectivity index (χ4v) is 2.71. The van der Waals surface area contributed by atoms with Crippen LogP contribution in [0.15, 0.2) is 5.51 Å². The Morgan fingerprint density at radius 1 is 1.29 bits per heavy atom. The lowest BCUT2D eigenvalue weighted by atomic mass is 10.0. The van der Waals surface area contributed by atoms with E-state index >= 15 is 0 Å². The van der Waals surface area contributed by atoms with E-state index in [0.717, 1.165) is 18.9 Å². The van der Waals surface area contributed by atoms with E-state index < -0.39 is 0 Å². The average molecular weight is 254 g/mol. The third-order valence-electron chi connectivity index (χ3n) is 3.11. The number of rotatable bonds is 8. The number of nitrogens with one attached hydrogen (secondary N) is 1. The van der Waals surface area contributed by atoms with Crippen LogP contribution < -0.4 is 5.32 Å². The Bertz CT molecular complexity index is 307. The van der Waals surface area contributed by atoms with Crippen LogP contribution in [-0.4, -0.2) is 17.6 Å². The van der Waals surface area contributed by atoms with Crippen molar-refractivity contribution in [2.45, 2.75) is 59.4 Å². The van der Waals surface area contributed by atoms with Gasteiger partial charge in [-0.15, -0.1) is 11.3 Å². The summed E-state index contributed by atoms with van der Waals surface area (Å²) >= 11 is 1.77. The van der Waals surface area contributed by atoms with Crippen molar-refractivity contribution < 1.29 is 0 Å². The normalized spacial score (nSPS) is 13.2. The molecular formula is C14H26N2S. The van der Waals surface area contributed by atoms with E-state index in [9.17, 15) is 0 Å². The third kappa shape index (κ3) is 6.18. The summed E-state index contributed by atoms with van der Waals surface area (Å²) in [5.41, 5.74) is 3.14. The van der Waals surface area contributed by atoms with E-state index in [1.807, 2.05) is 5.51 Å². The van der Waals surface area contributed by atoms with Crippen molar-refractivity contribution in [3.8, 4) is 0 Å². The van der Waals surface area contributed by atoms with Gasteiger partial charge in [-0.3, -0.25) is 0 Å². The zero-order chi connectivity index (χ0) is 12.7. The summed E-state index contributed by atoms with van der Waals surface area (Å²) in [6, 6.07) is 0.641. The van der Waals surface area contributed by atoms with Crippen LogP contribution in [0.2, 0.25) is 0 Å². The summed E-state index contributed by atoms with van der Waals surface area (Å²) in [6.07, 6.45) is 5.09. The van der Waals surface area contributed by atoms with Crippen LogP contribution in [-0.2, 0) is 6.42 Å². The van der Waals surface area contributed by atoms with Crippen molar-refractivity contribution >= 4 is 11.3 Å². The molecule has 0 saturated heterocycles. The summed E-state index contributed by atoms with van der Waals surface area (Å²) in [7, 11) is 0. The summed E-state index contributed by atoms with van der Waals surface area (Å²) in [5, 5.41) is 3.60. The number of aromatic nitrogens is 1. The molecule has 1 aromatic rings. The van der Waals surface area contributed by atoms with Gasteiger partial charge in [0, 0.05) is 17.5 Å². The predicted octanol–water partition coefficient (Wildman–Crippen LogP) is 3.80. The molecule has 0 spiro atoms. The Labute approximate surface area is 110 Å². The Morgan fingerprint density at radius 2 is 2.06 bits per heavy atom. The number of hydrogen-bond acceptors (Lipinski definition) is 3. The monoisotopic (exact) mass is 254 g/mol. The van der Waals surface area contributed by atoms with Crippen LogP contribution in [0.5, 0.6) is 0 Å². The Morgan fingerprint density at radius 3 is 2.65 bits per heavy atom. The molecule has 0 saturated carbocycles. The second-order valence-electron chi connectivity index (χ2n) is 5.29. The zero-order valence-corrected chi connectivity index (χ0v) is 12.4. The van der Waals surface area contributed by atoms with Gasteiger partial charge < -0.3 is 5.32 Å². The van der Waals surface area contributed by atoms with Crippen molar-refractivity contribution in [2.24, 2.45) is 5.92 Å². The van der Waals surface area contributed by atoms with Crippen molar-refractivity contribution in [3.05, 3.63) is 16.1 Å². The second-order valence-corrected chi connectivity index (χ2v) is 6.23. The van der Waals surface area contributed by atoms with Gasteiger partial charge in [-0.1, -0.05) is 26.7 Å². The standard InChI is InChI=1S/C14H26N2S/c1-11(2)6-5-7-12(3)15-9-8-14-13(4)16-10-17-14/h10-12,15H,5-9H2,1-4H3. The van der Waals surface area contributed by atoms with E-state index in [-0.39, 0.29) is 0 Å². The summed E-state index contributed by atoms with van der Waals surface area (Å²) in [6.45, 7) is 10.1. The number of nitrogens with zero attached hydrogens (tertiary/aromatic N) is 1. The molecule has 1 N–H and O–H groups in total. The minimum absolute atomic E-state index is 0.641. The lowest BCUT2D eigenvalue weighted by Gasteiger charge is -2.14. The Kier molecular flexibility index (Phi) is 6.75. The van der Waals surface area contributed by atoms with E-state index in [2.05, 4.69) is 38.0 Å². The van der Waals surface area contributed by atoms with Crippen LogP contribution >= 0.6 is 11.3 Å². The maximum Gasteiger partial charge on any atom is 0.0797 e. The molecule has 1 heterocycles. The fourth-order valence-electron chi connectivity index (χ4n) is 1.93. The van der Waals surface area contributed by atoms with Crippen molar-refractivity contribution in [2.75, 3.05) is 6.54 Å². The SMILES string of the molecule is Cc1ncsc1CCNC(C)CCCC(C)C. The van der Waals surface area contributed by atoms with Crippen LogP contribution in [0.25, 0.3) is 0 Å².